The first kappa shape index (κ1) is 22.2. The number of aromatic nitrogens is 3. The molecule has 0 saturated heterocycles. The number of benzene rings is 2. The molecule has 1 heterocycles. The molecule has 0 spiro atoms. The Kier molecular flexibility index (Phi) is 6.65. The summed E-state index contributed by atoms with van der Waals surface area (Å²) in [7, 11) is 0. The molecular weight excluding hydrogens is 444 g/mol. The van der Waals surface area contributed by atoms with Gasteiger partial charge in [-0.15, -0.1) is 0 Å². The Hall–Kier alpha value is -4.46. The molecule has 3 aromatic rings. The molecule has 0 aliphatic rings. The summed E-state index contributed by atoms with van der Waals surface area (Å²) in [4.78, 5) is 48.0. The third-order valence-electron chi connectivity index (χ3n) is 3.95. The van der Waals surface area contributed by atoms with E-state index in [1.165, 1.54) is 0 Å². The number of nitro groups is 1. The standard InChI is InChI=1S/C18H14N6O7S/c25-12-7-13(26)11(24(30)31)6-10(12)8-19-21-15(27)14(9-4-2-1-3-5-9)32-17-16(28)20-18(29)23-22-17/h1-8,14,25-26H,(H,21,27)(H2,20,23,28,29)/b19-8-. The summed E-state index contributed by atoms with van der Waals surface area (Å²) >= 11 is 0.760. The van der Waals surface area contributed by atoms with Gasteiger partial charge in [0.1, 0.15) is 11.0 Å². The van der Waals surface area contributed by atoms with Crippen LogP contribution in [0, 0.1) is 10.1 Å². The van der Waals surface area contributed by atoms with Gasteiger partial charge in [-0.05, 0) is 5.56 Å². The number of aromatic hydroxyl groups is 2. The van der Waals surface area contributed by atoms with Crippen LogP contribution in [-0.4, -0.2) is 42.4 Å². The fourth-order valence-corrected chi connectivity index (χ4v) is 3.42. The molecule has 32 heavy (non-hydrogen) atoms. The maximum absolute atomic E-state index is 12.8. The SMILES string of the molecule is O=C(N/N=C\c1cc([N+](=O)[O-])c(O)cc1O)C(Sc1n[nH]c(=O)[nH]c1=O)c1ccccc1. The average Bonchev–Trinajstić information content (AvgIpc) is 2.75. The van der Waals surface area contributed by atoms with Gasteiger partial charge >= 0.3 is 11.4 Å². The Morgan fingerprint density at radius 1 is 1.22 bits per heavy atom. The van der Waals surface area contributed by atoms with Crippen LogP contribution in [0.3, 0.4) is 0 Å². The molecule has 0 radical (unpaired) electrons. The number of H-pyrrole nitrogens is 2. The number of carbonyl (C=O) groups excluding carboxylic acids is 1. The van der Waals surface area contributed by atoms with Crippen LogP contribution in [-0.2, 0) is 4.79 Å². The molecular formula is C18H14N6O7S. The lowest BCUT2D eigenvalue weighted by molar-refractivity contribution is -0.385. The van der Waals surface area contributed by atoms with Gasteiger partial charge in [-0.25, -0.2) is 15.3 Å². The molecule has 0 fully saturated rings. The number of rotatable bonds is 7. The van der Waals surface area contributed by atoms with Gasteiger partial charge in [0, 0.05) is 17.7 Å². The van der Waals surface area contributed by atoms with Crippen molar-refractivity contribution >= 4 is 29.6 Å². The number of nitrogens with one attached hydrogen (secondary N) is 3. The number of hydrogen-bond acceptors (Lipinski definition) is 10. The Morgan fingerprint density at radius 2 is 1.94 bits per heavy atom. The van der Waals surface area contributed by atoms with Crippen molar-refractivity contribution in [3.8, 4) is 11.5 Å². The Balaban J connectivity index is 1.85. The summed E-state index contributed by atoms with van der Waals surface area (Å²) in [6.07, 6.45) is 0.956. The quantitative estimate of drug-likeness (QED) is 0.146. The number of carbonyl (C=O) groups is 1. The number of hydrazone groups is 1. The fraction of sp³-hybridized carbons (Fsp3) is 0.0556. The van der Waals surface area contributed by atoms with E-state index in [1.54, 1.807) is 30.3 Å². The first-order valence-electron chi connectivity index (χ1n) is 8.70. The maximum atomic E-state index is 12.8. The summed E-state index contributed by atoms with van der Waals surface area (Å²) in [6, 6.07) is 10.0. The molecule has 1 amide bonds. The van der Waals surface area contributed by atoms with E-state index in [4.69, 9.17) is 0 Å². The molecule has 1 aromatic heterocycles. The lowest BCUT2D eigenvalue weighted by atomic mass is 10.1. The first-order valence-corrected chi connectivity index (χ1v) is 9.58. The fourth-order valence-electron chi connectivity index (χ4n) is 2.48. The Bertz CT molecular complexity index is 1310. The zero-order chi connectivity index (χ0) is 23.3. The molecule has 164 valence electrons. The number of amides is 1. The molecule has 13 nitrogen and oxygen atoms in total. The van der Waals surface area contributed by atoms with Crippen LogP contribution in [0.15, 0.2) is 62.2 Å². The second kappa shape index (κ2) is 9.57. The van der Waals surface area contributed by atoms with Crippen LogP contribution in [0.2, 0.25) is 0 Å². The molecule has 0 aliphatic heterocycles. The normalized spacial score (nSPS) is 11.9. The number of aromatic amines is 2. The number of hydrogen-bond donors (Lipinski definition) is 5. The second-order valence-electron chi connectivity index (χ2n) is 6.11. The molecule has 2 aromatic carbocycles. The minimum Gasteiger partial charge on any atom is -0.507 e. The zero-order valence-corrected chi connectivity index (χ0v) is 16.7. The van der Waals surface area contributed by atoms with Gasteiger partial charge in [0.15, 0.2) is 10.8 Å². The first-order chi connectivity index (χ1) is 15.3. The van der Waals surface area contributed by atoms with Crippen molar-refractivity contribution in [1.29, 1.82) is 0 Å². The average molecular weight is 458 g/mol. The van der Waals surface area contributed by atoms with E-state index in [0.717, 1.165) is 30.1 Å². The third-order valence-corrected chi connectivity index (χ3v) is 5.17. The number of nitro benzene ring substituents is 1. The predicted octanol–water partition coefficient (Wildman–Crippen LogP) is 0.761. The van der Waals surface area contributed by atoms with Crippen LogP contribution in [0.4, 0.5) is 5.69 Å². The van der Waals surface area contributed by atoms with Gasteiger partial charge in [0.05, 0.1) is 11.1 Å². The van der Waals surface area contributed by atoms with E-state index in [9.17, 15) is 34.7 Å². The monoisotopic (exact) mass is 458 g/mol. The molecule has 3 rings (SSSR count). The van der Waals surface area contributed by atoms with Crippen molar-refractivity contribution in [2.45, 2.75) is 10.3 Å². The Morgan fingerprint density at radius 3 is 2.59 bits per heavy atom. The summed E-state index contributed by atoms with van der Waals surface area (Å²) in [5, 5.41) is 38.5. The van der Waals surface area contributed by atoms with Gasteiger partial charge < -0.3 is 10.2 Å². The van der Waals surface area contributed by atoms with Gasteiger partial charge in [-0.1, -0.05) is 42.1 Å². The predicted molar refractivity (Wildman–Crippen MR) is 113 cm³/mol. The highest BCUT2D eigenvalue weighted by molar-refractivity contribution is 8.00. The van der Waals surface area contributed by atoms with Gasteiger partial charge in [-0.2, -0.15) is 10.2 Å². The van der Waals surface area contributed by atoms with E-state index in [-0.39, 0.29) is 10.6 Å². The summed E-state index contributed by atoms with van der Waals surface area (Å²) in [5.74, 6) is -1.91. The molecule has 0 aliphatic carbocycles. The van der Waals surface area contributed by atoms with Gasteiger partial charge in [-0.3, -0.25) is 24.7 Å². The molecule has 0 saturated carbocycles. The summed E-state index contributed by atoms with van der Waals surface area (Å²) in [5.41, 5.74) is 0.364. The summed E-state index contributed by atoms with van der Waals surface area (Å²) in [6.45, 7) is 0. The second-order valence-corrected chi connectivity index (χ2v) is 7.21. The van der Waals surface area contributed by atoms with E-state index in [0.29, 0.717) is 5.56 Å². The van der Waals surface area contributed by atoms with E-state index >= 15 is 0 Å². The van der Waals surface area contributed by atoms with Crippen molar-refractivity contribution in [1.82, 2.24) is 20.6 Å². The van der Waals surface area contributed by atoms with Crippen LogP contribution in [0.5, 0.6) is 11.5 Å². The van der Waals surface area contributed by atoms with E-state index in [2.05, 4.69) is 20.7 Å². The van der Waals surface area contributed by atoms with Crippen LogP contribution in [0.25, 0.3) is 0 Å². The highest BCUT2D eigenvalue weighted by atomic mass is 32.2. The molecule has 1 unspecified atom stereocenters. The number of phenols is 2. The number of nitrogens with zero attached hydrogens (tertiary/aromatic N) is 3. The lowest BCUT2D eigenvalue weighted by Crippen LogP contribution is -2.28. The van der Waals surface area contributed by atoms with Crippen LogP contribution in [0.1, 0.15) is 16.4 Å². The number of phenolic OH excluding ortho intramolecular Hbond substituents is 2. The van der Waals surface area contributed by atoms with Crippen molar-refractivity contribution in [3.05, 3.63) is 84.5 Å². The van der Waals surface area contributed by atoms with Crippen LogP contribution >= 0.6 is 11.8 Å². The largest absolute Gasteiger partial charge is 0.507 e. The van der Waals surface area contributed by atoms with Crippen molar-refractivity contribution in [2.24, 2.45) is 5.10 Å². The zero-order valence-electron chi connectivity index (χ0n) is 15.9. The molecule has 14 heteroatoms. The topological polar surface area (TPSA) is 204 Å². The molecule has 1 atom stereocenters. The highest BCUT2D eigenvalue weighted by Gasteiger charge is 2.24. The molecule has 5 N–H and O–H groups in total. The lowest BCUT2D eigenvalue weighted by Gasteiger charge is -2.14. The minimum atomic E-state index is -1.00. The van der Waals surface area contributed by atoms with E-state index < -0.39 is 44.5 Å². The van der Waals surface area contributed by atoms with Gasteiger partial charge in [0.2, 0.25) is 0 Å². The third kappa shape index (κ3) is 5.17. The van der Waals surface area contributed by atoms with E-state index in [1.807, 2.05) is 4.98 Å². The van der Waals surface area contributed by atoms with Crippen molar-refractivity contribution in [2.75, 3.05) is 0 Å². The highest BCUT2D eigenvalue weighted by Crippen LogP contribution is 2.33. The van der Waals surface area contributed by atoms with Crippen molar-refractivity contribution < 1.29 is 19.9 Å². The maximum Gasteiger partial charge on any atom is 0.342 e. The van der Waals surface area contributed by atoms with Gasteiger partial charge in [0.25, 0.3) is 11.5 Å². The Labute approximate surface area is 182 Å². The van der Waals surface area contributed by atoms with Crippen LogP contribution < -0.4 is 16.7 Å². The smallest absolute Gasteiger partial charge is 0.342 e. The number of thioether (sulfide) groups is 1. The molecule has 0 bridgehead atoms. The van der Waals surface area contributed by atoms with Crippen molar-refractivity contribution in [3.63, 3.8) is 0 Å². The minimum absolute atomic E-state index is 0.127. The summed E-state index contributed by atoms with van der Waals surface area (Å²) < 4.78 is 0.